The fourth-order valence-corrected chi connectivity index (χ4v) is 7.96. The number of rotatable bonds is 1. The Morgan fingerprint density at radius 3 is 2.69 bits per heavy atom. The van der Waals surface area contributed by atoms with E-state index >= 15 is 4.39 Å². The first kappa shape index (κ1) is 24.8. The summed E-state index contributed by atoms with van der Waals surface area (Å²) in [7, 11) is 3.75. The normalized spacial score (nSPS) is 40.5. The first-order chi connectivity index (χ1) is 16.7. The van der Waals surface area contributed by atoms with Crippen molar-refractivity contribution < 1.29 is 14.6 Å². The molecule has 0 saturated heterocycles. The zero-order chi connectivity index (χ0) is 24.8. The Kier molecular flexibility index (Phi) is 6.52. The Morgan fingerprint density at radius 2 is 1.89 bits per heavy atom. The van der Waals surface area contributed by atoms with E-state index in [1.165, 1.54) is 5.57 Å². The highest BCUT2D eigenvalue weighted by molar-refractivity contribution is 5.84. The second-order valence-electron chi connectivity index (χ2n) is 11.7. The number of benzene rings is 1. The minimum absolute atomic E-state index is 0.114. The maximum absolute atomic E-state index is 16.7. The molecule has 1 aromatic heterocycles. The number of nitrogens with one attached hydrogen (secondary N) is 1. The third-order valence-electron chi connectivity index (χ3n) is 9.74. The van der Waals surface area contributed by atoms with Crippen LogP contribution in [0.25, 0.3) is 16.5 Å². The quantitative estimate of drug-likeness (QED) is 0.530. The van der Waals surface area contributed by atoms with E-state index in [1.807, 2.05) is 26.4 Å². The maximum Gasteiger partial charge on any atom is 0.140 e. The van der Waals surface area contributed by atoms with Gasteiger partial charge in [0.05, 0.1) is 11.6 Å². The molecule has 3 N–H and O–H groups in total. The van der Waals surface area contributed by atoms with Gasteiger partial charge in [0, 0.05) is 17.5 Å². The fourth-order valence-electron chi connectivity index (χ4n) is 7.96. The van der Waals surface area contributed by atoms with Gasteiger partial charge in [-0.1, -0.05) is 19.1 Å². The summed E-state index contributed by atoms with van der Waals surface area (Å²) in [5.41, 5.74) is 0.179. The summed E-state index contributed by atoms with van der Waals surface area (Å²) in [4.78, 5) is 8.50. The predicted molar refractivity (Wildman–Crippen MR) is 137 cm³/mol. The number of hydrogen-bond acceptors (Lipinski definition) is 5. The van der Waals surface area contributed by atoms with Gasteiger partial charge in [0.2, 0.25) is 0 Å². The van der Waals surface area contributed by atoms with Crippen LogP contribution in [0.3, 0.4) is 0 Å². The van der Waals surface area contributed by atoms with Crippen molar-refractivity contribution in [2.75, 3.05) is 14.1 Å². The lowest BCUT2D eigenvalue weighted by Crippen LogP contribution is -2.62. The number of allylic oxidation sites excluding steroid dienone is 2. The van der Waals surface area contributed by atoms with Crippen LogP contribution in [0.4, 0.5) is 4.39 Å². The number of aliphatic hydroxyl groups excluding tert-OH is 1. The van der Waals surface area contributed by atoms with Crippen LogP contribution < -0.4 is 5.32 Å². The van der Waals surface area contributed by atoms with Gasteiger partial charge in [-0.2, -0.15) is 0 Å². The van der Waals surface area contributed by atoms with E-state index in [1.54, 1.807) is 6.33 Å². The molecule has 6 unspecified atom stereocenters. The van der Waals surface area contributed by atoms with Crippen LogP contribution >= 0.6 is 0 Å². The van der Waals surface area contributed by atoms with E-state index < -0.39 is 11.3 Å². The summed E-state index contributed by atoms with van der Waals surface area (Å²) in [6.07, 6.45) is 11.5. The van der Waals surface area contributed by atoms with Crippen LogP contribution in [0.1, 0.15) is 70.3 Å². The van der Waals surface area contributed by atoms with Gasteiger partial charge in [-0.3, -0.25) is 0 Å². The molecule has 0 amide bonds. The van der Waals surface area contributed by atoms with E-state index in [0.29, 0.717) is 31.6 Å². The molecule has 1 heterocycles. The van der Waals surface area contributed by atoms with Gasteiger partial charge in [0.25, 0.3) is 0 Å². The highest BCUT2D eigenvalue weighted by Gasteiger charge is 2.66. The van der Waals surface area contributed by atoms with Gasteiger partial charge >= 0.3 is 0 Å². The lowest BCUT2D eigenvalue weighted by molar-refractivity contribution is -0.195. The number of aliphatic hydroxyl groups is 2. The topological polar surface area (TPSA) is 78.3 Å². The fraction of sp³-hybridized carbons (Fsp3) is 0.655. The molecule has 190 valence electrons. The summed E-state index contributed by atoms with van der Waals surface area (Å²) in [5.74, 6) is 0.509. The molecule has 6 rings (SSSR count). The molecule has 7 atom stereocenters. The lowest BCUT2D eigenvalue weighted by Gasteiger charge is -2.56. The van der Waals surface area contributed by atoms with Crippen molar-refractivity contribution in [3.63, 3.8) is 0 Å². The third kappa shape index (κ3) is 4.02. The minimum atomic E-state index is -1.56. The first-order valence-electron chi connectivity index (χ1n) is 13.3. The molecule has 0 bridgehead atoms. The Morgan fingerprint density at radius 1 is 1.09 bits per heavy atom. The number of alkyl halides is 1. The average molecular weight is 482 g/mol. The van der Waals surface area contributed by atoms with Crippen molar-refractivity contribution in [1.82, 2.24) is 15.3 Å². The highest BCUT2D eigenvalue weighted by Crippen LogP contribution is 2.66. The van der Waals surface area contributed by atoms with Gasteiger partial charge in [-0.25, -0.2) is 14.4 Å². The second-order valence-corrected chi connectivity index (χ2v) is 11.7. The Hall–Kier alpha value is -1.89. The predicted octanol–water partition coefficient (Wildman–Crippen LogP) is 5.07. The van der Waals surface area contributed by atoms with Crippen molar-refractivity contribution in [1.29, 1.82) is 0 Å². The third-order valence-corrected chi connectivity index (χ3v) is 9.74. The molecular formula is C29H40FN3O2. The maximum atomic E-state index is 16.7. The molecule has 4 aliphatic carbocycles. The second kappa shape index (κ2) is 9.20. The molecule has 3 fully saturated rings. The Balaban J connectivity index is 0.000000806. The van der Waals surface area contributed by atoms with E-state index in [0.717, 1.165) is 48.6 Å². The average Bonchev–Trinajstić information content (AvgIpc) is 3.14. The summed E-state index contributed by atoms with van der Waals surface area (Å²) < 4.78 is 16.7. The highest BCUT2D eigenvalue weighted by atomic mass is 19.1. The molecule has 0 aliphatic heterocycles. The van der Waals surface area contributed by atoms with E-state index in [9.17, 15) is 10.2 Å². The Bertz CT molecular complexity index is 1110. The molecular weight excluding hydrogens is 441 g/mol. The lowest BCUT2D eigenvalue weighted by atomic mass is 9.53. The summed E-state index contributed by atoms with van der Waals surface area (Å²) in [6, 6.07) is 6.28. The van der Waals surface area contributed by atoms with Crippen LogP contribution in [-0.4, -0.2) is 51.7 Å². The number of aromatic nitrogens is 2. The van der Waals surface area contributed by atoms with Crippen LogP contribution in [-0.2, 0) is 0 Å². The minimum Gasteiger partial charge on any atom is -0.393 e. The van der Waals surface area contributed by atoms with Gasteiger partial charge in [0.1, 0.15) is 17.6 Å². The molecule has 1 aromatic carbocycles. The number of fused-ring (bicyclic) bond motifs is 5. The van der Waals surface area contributed by atoms with Gasteiger partial charge in [0.15, 0.2) is 0 Å². The van der Waals surface area contributed by atoms with E-state index in [4.69, 9.17) is 0 Å². The number of halogens is 1. The largest absolute Gasteiger partial charge is 0.393 e. The first-order valence-corrected chi connectivity index (χ1v) is 13.3. The molecule has 35 heavy (non-hydrogen) atoms. The van der Waals surface area contributed by atoms with Crippen LogP contribution in [0, 0.1) is 23.2 Å². The molecule has 3 saturated carbocycles. The molecule has 6 heteroatoms. The molecule has 5 nitrogen and oxygen atoms in total. The zero-order valence-electron chi connectivity index (χ0n) is 21.3. The smallest absolute Gasteiger partial charge is 0.140 e. The van der Waals surface area contributed by atoms with Gasteiger partial charge < -0.3 is 15.5 Å². The van der Waals surface area contributed by atoms with Crippen molar-refractivity contribution in [2.24, 2.45) is 23.2 Å². The molecule has 0 spiro atoms. The monoisotopic (exact) mass is 481 g/mol. The van der Waals surface area contributed by atoms with Crippen molar-refractivity contribution in [2.45, 2.75) is 82.1 Å². The van der Waals surface area contributed by atoms with E-state index in [-0.39, 0.29) is 23.4 Å². The van der Waals surface area contributed by atoms with Crippen LogP contribution in [0.15, 0.2) is 36.8 Å². The van der Waals surface area contributed by atoms with Gasteiger partial charge in [-0.15, -0.1) is 0 Å². The molecule has 2 aromatic rings. The standard InChI is InChI=1S/C27H33FN2O2.C2H7N/c1-25-10-11-26(28)14-19-13-21(31)4-2-17(19)8-9-27(26,32)24(25)7-5-22(25)18-3-6-23-20(12-18)15-29-16-30-23;1-3-2/h3,5-6,12,15-17,19,21,24,31-32H,2,4,7-11,13-14H2,1H3;3H,1-2H3/t17?,19?,21?,24?,25?,26?,27-;/m0./s1. The van der Waals surface area contributed by atoms with Gasteiger partial charge in [-0.05, 0) is 112 Å². The Labute approximate surface area is 208 Å². The van der Waals surface area contributed by atoms with Crippen molar-refractivity contribution in [3.05, 3.63) is 42.4 Å². The van der Waals surface area contributed by atoms with Crippen molar-refractivity contribution >= 4 is 16.5 Å². The van der Waals surface area contributed by atoms with Crippen LogP contribution in [0.5, 0.6) is 0 Å². The molecule has 4 aliphatic rings. The van der Waals surface area contributed by atoms with Crippen molar-refractivity contribution in [3.8, 4) is 0 Å². The number of nitrogens with zero attached hydrogens (tertiary/aromatic N) is 2. The number of hydrogen-bond donors (Lipinski definition) is 3. The van der Waals surface area contributed by atoms with E-state index in [2.05, 4.69) is 40.4 Å². The van der Waals surface area contributed by atoms with Crippen LogP contribution in [0.2, 0.25) is 0 Å². The SMILES string of the molecule is CC12CCC3(F)CC4CC(O)CCC4CC[C@]3(O)C1CC=C2c1ccc2ncncc2c1.CNC. The summed E-state index contributed by atoms with van der Waals surface area (Å²) in [5, 5.41) is 26.1. The summed E-state index contributed by atoms with van der Waals surface area (Å²) >= 11 is 0. The molecule has 0 radical (unpaired) electrons. The summed E-state index contributed by atoms with van der Waals surface area (Å²) in [6.45, 7) is 2.24. The zero-order valence-corrected chi connectivity index (χ0v) is 21.3.